The molecule has 120 valence electrons. The molecule has 0 spiro atoms. The van der Waals surface area contributed by atoms with Crippen LogP contribution in [0.15, 0.2) is 18.5 Å². The molecule has 0 aliphatic carbocycles. The van der Waals surface area contributed by atoms with Crippen LogP contribution < -0.4 is 4.90 Å². The predicted molar refractivity (Wildman–Crippen MR) is 85.2 cm³/mol. The van der Waals surface area contributed by atoms with Gasteiger partial charge in [0.15, 0.2) is 0 Å². The number of hydrogen-bond acceptors (Lipinski definition) is 6. The summed E-state index contributed by atoms with van der Waals surface area (Å²) in [6.07, 6.45) is 3.50. The summed E-state index contributed by atoms with van der Waals surface area (Å²) in [6.45, 7) is 6.00. The highest BCUT2D eigenvalue weighted by Crippen LogP contribution is 2.30. The molecule has 0 aromatic carbocycles. The molecule has 0 bridgehead atoms. The van der Waals surface area contributed by atoms with E-state index in [1.165, 1.54) is 0 Å². The van der Waals surface area contributed by atoms with Crippen molar-refractivity contribution in [2.45, 2.75) is 6.92 Å². The summed E-state index contributed by atoms with van der Waals surface area (Å²) in [7, 11) is 0. The van der Waals surface area contributed by atoms with Crippen LogP contribution >= 0.6 is 0 Å². The molecule has 23 heavy (non-hydrogen) atoms. The number of anilines is 1. The Bertz CT molecular complexity index is 738. The summed E-state index contributed by atoms with van der Waals surface area (Å²) < 4.78 is 5.31. The van der Waals surface area contributed by atoms with Crippen LogP contribution in [-0.2, 0) is 9.53 Å². The van der Waals surface area contributed by atoms with Crippen molar-refractivity contribution in [1.82, 2.24) is 19.9 Å². The van der Waals surface area contributed by atoms with Crippen LogP contribution in [0.25, 0.3) is 10.9 Å². The maximum Gasteiger partial charge on any atom is 0.229 e. The fourth-order valence-corrected chi connectivity index (χ4v) is 3.17. The van der Waals surface area contributed by atoms with Gasteiger partial charge in [-0.2, -0.15) is 0 Å². The first-order valence-electron chi connectivity index (χ1n) is 7.92. The Balaban J connectivity index is 1.50. The standard InChI is InChI=1S/C16H19N5O2/c1-11-18-14-8-17-3-2-13(14)15(19-11)21-9-12(10-21)16(22)20-4-6-23-7-5-20/h2-3,8,12H,4-7,9-10H2,1H3. The first-order valence-corrected chi connectivity index (χ1v) is 7.92. The van der Waals surface area contributed by atoms with Gasteiger partial charge in [-0.15, -0.1) is 0 Å². The zero-order valence-electron chi connectivity index (χ0n) is 13.1. The van der Waals surface area contributed by atoms with Crippen molar-refractivity contribution in [3.63, 3.8) is 0 Å². The first-order chi connectivity index (χ1) is 11.2. The Morgan fingerprint density at radius 2 is 2.04 bits per heavy atom. The fraction of sp³-hybridized carbons (Fsp3) is 0.500. The molecule has 2 aromatic rings. The Hall–Kier alpha value is -2.28. The summed E-state index contributed by atoms with van der Waals surface area (Å²) >= 11 is 0. The van der Waals surface area contributed by atoms with E-state index in [1.807, 2.05) is 17.9 Å². The monoisotopic (exact) mass is 313 g/mol. The average molecular weight is 313 g/mol. The lowest BCUT2D eigenvalue weighted by Gasteiger charge is -2.42. The predicted octanol–water partition coefficient (Wildman–Crippen LogP) is 0.628. The number of amides is 1. The van der Waals surface area contributed by atoms with Gasteiger partial charge in [0, 0.05) is 37.8 Å². The van der Waals surface area contributed by atoms with Crippen molar-refractivity contribution in [3.05, 3.63) is 24.3 Å². The Labute approximate surface area is 134 Å². The highest BCUT2D eigenvalue weighted by Gasteiger charge is 2.37. The third kappa shape index (κ3) is 2.61. The second-order valence-corrected chi connectivity index (χ2v) is 6.03. The van der Waals surface area contributed by atoms with Crippen LogP contribution in [0.2, 0.25) is 0 Å². The van der Waals surface area contributed by atoms with Gasteiger partial charge in [-0.25, -0.2) is 9.97 Å². The zero-order valence-corrected chi connectivity index (χ0v) is 13.1. The van der Waals surface area contributed by atoms with E-state index in [4.69, 9.17) is 4.74 Å². The number of pyridine rings is 1. The minimum absolute atomic E-state index is 0.0558. The van der Waals surface area contributed by atoms with Crippen molar-refractivity contribution in [1.29, 1.82) is 0 Å². The number of rotatable bonds is 2. The van der Waals surface area contributed by atoms with Gasteiger partial charge < -0.3 is 14.5 Å². The van der Waals surface area contributed by atoms with E-state index in [-0.39, 0.29) is 11.8 Å². The highest BCUT2D eigenvalue weighted by molar-refractivity contribution is 5.90. The number of carbonyl (C=O) groups excluding carboxylic acids is 1. The molecule has 4 heterocycles. The molecule has 4 rings (SSSR count). The topological polar surface area (TPSA) is 71.5 Å². The third-order valence-electron chi connectivity index (χ3n) is 4.44. The number of ether oxygens (including phenoxy) is 1. The maximum absolute atomic E-state index is 12.5. The smallest absolute Gasteiger partial charge is 0.229 e. The van der Waals surface area contributed by atoms with Gasteiger partial charge in [-0.05, 0) is 13.0 Å². The fourth-order valence-electron chi connectivity index (χ4n) is 3.17. The van der Waals surface area contributed by atoms with Crippen molar-refractivity contribution in [3.8, 4) is 0 Å². The molecule has 7 heteroatoms. The molecule has 0 unspecified atom stereocenters. The van der Waals surface area contributed by atoms with E-state index in [0.29, 0.717) is 39.4 Å². The van der Waals surface area contributed by atoms with Crippen LogP contribution in [-0.4, -0.2) is 65.2 Å². The summed E-state index contributed by atoms with van der Waals surface area (Å²) in [6, 6.07) is 1.93. The van der Waals surface area contributed by atoms with E-state index in [1.54, 1.807) is 12.4 Å². The molecule has 7 nitrogen and oxygen atoms in total. The minimum Gasteiger partial charge on any atom is -0.378 e. The number of nitrogens with zero attached hydrogens (tertiary/aromatic N) is 5. The molecule has 2 aliphatic heterocycles. The molecule has 0 saturated carbocycles. The van der Waals surface area contributed by atoms with Crippen LogP contribution in [0.5, 0.6) is 0 Å². The minimum atomic E-state index is 0.0558. The maximum atomic E-state index is 12.5. The molecular weight excluding hydrogens is 294 g/mol. The molecule has 2 aromatic heterocycles. The number of morpholine rings is 1. The second kappa shape index (κ2) is 5.73. The van der Waals surface area contributed by atoms with E-state index < -0.39 is 0 Å². The van der Waals surface area contributed by atoms with Crippen LogP contribution in [0.4, 0.5) is 5.82 Å². The van der Waals surface area contributed by atoms with Gasteiger partial charge in [0.1, 0.15) is 11.6 Å². The van der Waals surface area contributed by atoms with Crippen molar-refractivity contribution >= 4 is 22.6 Å². The van der Waals surface area contributed by atoms with Gasteiger partial charge in [0.2, 0.25) is 5.91 Å². The summed E-state index contributed by atoms with van der Waals surface area (Å²) in [5, 5.41) is 0.989. The molecule has 2 fully saturated rings. The molecule has 0 N–H and O–H groups in total. The zero-order chi connectivity index (χ0) is 15.8. The Morgan fingerprint density at radius 3 is 2.83 bits per heavy atom. The second-order valence-electron chi connectivity index (χ2n) is 6.03. The quantitative estimate of drug-likeness (QED) is 0.810. The number of carbonyl (C=O) groups is 1. The molecule has 0 radical (unpaired) electrons. The van der Waals surface area contributed by atoms with E-state index in [9.17, 15) is 4.79 Å². The first kappa shape index (κ1) is 14.3. The highest BCUT2D eigenvalue weighted by atomic mass is 16.5. The van der Waals surface area contributed by atoms with Gasteiger partial charge in [0.05, 0.1) is 30.8 Å². The van der Waals surface area contributed by atoms with Crippen LogP contribution in [0.3, 0.4) is 0 Å². The largest absolute Gasteiger partial charge is 0.378 e. The summed E-state index contributed by atoms with van der Waals surface area (Å²) in [5.41, 5.74) is 0.845. The van der Waals surface area contributed by atoms with Gasteiger partial charge in [0.25, 0.3) is 0 Å². The normalized spacial score (nSPS) is 19.0. The third-order valence-corrected chi connectivity index (χ3v) is 4.44. The van der Waals surface area contributed by atoms with E-state index in [0.717, 1.165) is 22.5 Å². The Morgan fingerprint density at radius 1 is 1.26 bits per heavy atom. The van der Waals surface area contributed by atoms with Gasteiger partial charge in [-0.3, -0.25) is 9.78 Å². The molecular formula is C16H19N5O2. The lowest BCUT2D eigenvalue weighted by atomic mass is 9.97. The van der Waals surface area contributed by atoms with E-state index in [2.05, 4.69) is 19.9 Å². The van der Waals surface area contributed by atoms with Crippen LogP contribution in [0.1, 0.15) is 5.82 Å². The number of aromatic nitrogens is 3. The number of aryl methyl sites for hydroxylation is 1. The summed E-state index contributed by atoms with van der Waals surface area (Å²) in [5.74, 6) is 1.92. The molecule has 2 saturated heterocycles. The lowest BCUT2D eigenvalue weighted by Crippen LogP contribution is -2.56. The average Bonchev–Trinajstić information content (AvgIpc) is 2.54. The number of fused-ring (bicyclic) bond motifs is 1. The van der Waals surface area contributed by atoms with Crippen LogP contribution in [0, 0.1) is 12.8 Å². The van der Waals surface area contributed by atoms with E-state index >= 15 is 0 Å². The van der Waals surface area contributed by atoms with Gasteiger partial charge >= 0.3 is 0 Å². The van der Waals surface area contributed by atoms with Gasteiger partial charge in [-0.1, -0.05) is 0 Å². The van der Waals surface area contributed by atoms with Crippen molar-refractivity contribution in [2.75, 3.05) is 44.3 Å². The molecule has 0 atom stereocenters. The molecule has 2 aliphatic rings. The lowest BCUT2D eigenvalue weighted by molar-refractivity contribution is -0.140. The van der Waals surface area contributed by atoms with Crippen molar-refractivity contribution < 1.29 is 9.53 Å². The Kier molecular flexibility index (Phi) is 3.57. The molecule has 1 amide bonds. The number of hydrogen-bond donors (Lipinski definition) is 0. The summed E-state index contributed by atoms with van der Waals surface area (Å²) in [4.78, 5) is 29.7. The SMILES string of the molecule is Cc1nc(N2CC(C(=O)N3CCOCC3)C2)c2ccncc2n1. The van der Waals surface area contributed by atoms with Crippen molar-refractivity contribution in [2.24, 2.45) is 5.92 Å².